The van der Waals surface area contributed by atoms with Crippen LogP contribution in [0.25, 0.3) is 22.0 Å². The van der Waals surface area contributed by atoms with Gasteiger partial charge >= 0.3 is 25.8 Å². The van der Waals surface area contributed by atoms with Crippen molar-refractivity contribution in [2.45, 2.75) is 65.2 Å². The molecule has 0 aliphatic heterocycles. The quantitative estimate of drug-likeness (QED) is 0.115. The van der Waals surface area contributed by atoms with E-state index in [0.29, 0.717) is 17.8 Å². The third-order valence-electron chi connectivity index (χ3n) is 7.77. The molecule has 0 amide bonds. The molecule has 4 aromatic carbocycles. The van der Waals surface area contributed by atoms with Crippen LogP contribution in [0.3, 0.4) is 0 Å². The van der Waals surface area contributed by atoms with Crippen LogP contribution in [-0.4, -0.2) is 4.98 Å². The van der Waals surface area contributed by atoms with Crippen LogP contribution in [0.5, 0.6) is 0 Å². The monoisotopic (exact) mass is 719 g/mol. The van der Waals surface area contributed by atoms with Crippen LogP contribution in [0.4, 0.5) is 0 Å². The van der Waals surface area contributed by atoms with Crippen LogP contribution in [0.15, 0.2) is 97.1 Å². The Morgan fingerprint density at radius 1 is 0.595 bits per heavy atom. The topological polar surface area (TPSA) is 12.9 Å². The molecular formula is C40H45HfN. The number of hydrogen-bond donors (Lipinski definition) is 0. The fourth-order valence-electron chi connectivity index (χ4n) is 5.76. The van der Waals surface area contributed by atoms with Gasteiger partial charge in [-0.15, -0.1) is 52.4 Å². The SMILES string of the molecule is CC(C)c1ccccc1C([CH-]c1c(C(C)C)cccc1C(C)C)c1cccc(-c2[c-]ccc3ccccc23)n1.[CH3-].[CH3-].[Hf+4]. The summed E-state index contributed by atoms with van der Waals surface area (Å²) in [4.78, 5) is 5.35. The van der Waals surface area contributed by atoms with E-state index in [4.69, 9.17) is 4.98 Å². The molecule has 214 valence electrons. The predicted octanol–water partition coefficient (Wildman–Crippen LogP) is 11.4. The zero-order valence-corrected chi connectivity index (χ0v) is 30.2. The Balaban J connectivity index is 0.00000205. The molecule has 42 heavy (non-hydrogen) atoms. The van der Waals surface area contributed by atoms with Gasteiger partial charge in [-0.25, -0.2) is 0 Å². The van der Waals surface area contributed by atoms with Gasteiger partial charge in [0.05, 0.1) is 0 Å². The Bertz CT molecular complexity index is 1550. The first-order chi connectivity index (χ1) is 18.8. The van der Waals surface area contributed by atoms with Crippen LogP contribution in [0, 0.1) is 27.3 Å². The van der Waals surface area contributed by atoms with Gasteiger partial charge in [0, 0.05) is 5.69 Å². The summed E-state index contributed by atoms with van der Waals surface area (Å²) in [7, 11) is 0. The van der Waals surface area contributed by atoms with E-state index in [1.165, 1.54) is 38.6 Å². The summed E-state index contributed by atoms with van der Waals surface area (Å²) < 4.78 is 0. The molecule has 1 aromatic heterocycles. The Kier molecular flexibility index (Phi) is 13.0. The molecule has 0 saturated heterocycles. The second kappa shape index (κ2) is 15.5. The second-order valence-corrected chi connectivity index (χ2v) is 11.5. The fraction of sp³-hybridized carbons (Fsp3) is 0.250. The van der Waals surface area contributed by atoms with E-state index in [2.05, 4.69) is 145 Å². The summed E-state index contributed by atoms with van der Waals surface area (Å²) >= 11 is 0. The molecule has 5 aromatic rings. The smallest absolute Gasteiger partial charge is 0.358 e. The summed E-state index contributed by atoms with van der Waals surface area (Å²) in [5.41, 5.74) is 9.93. The molecule has 0 bridgehead atoms. The molecule has 0 N–H and O–H groups in total. The molecule has 2 heteroatoms. The fourth-order valence-corrected chi connectivity index (χ4v) is 5.76. The largest absolute Gasteiger partial charge is 4.00 e. The predicted molar refractivity (Wildman–Crippen MR) is 179 cm³/mol. The van der Waals surface area contributed by atoms with Crippen molar-refractivity contribution in [2.75, 3.05) is 0 Å². The summed E-state index contributed by atoms with van der Waals surface area (Å²) in [6.07, 6.45) is 2.49. The number of aromatic nitrogens is 1. The molecule has 0 fully saturated rings. The van der Waals surface area contributed by atoms with Gasteiger partial charge in [0.2, 0.25) is 0 Å². The number of benzene rings is 4. The first-order valence-corrected chi connectivity index (χ1v) is 14.3. The van der Waals surface area contributed by atoms with E-state index in [0.717, 1.165) is 17.0 Å². The van der Waals surface area contributed by atoms with E-state index in [1.807, 2.05) is 6.07 Å². The minimum absolute atomic E-state index is 0. The summed E-state index contributed by atoms with van der Waals surface area (Å²) in [5.74, 6) is 1.30. The minimum Gasteiger partial charge on any atom is -0.358 e. The maximum absolute atomic E-state index is 5.35. The second-order valence-electron chi connectivity index (χ2n) is 11.5. The Hall–Kier alpha value is -2.97. The first-order valence-electron chi connectivity index (χ1n) is 14.3. The minimum atomic E-state index is 0. The normalized spacial score (nSPS) is 11.5. The van der Waals surface area contributed by atoms with Gasteiger partial charge < -0.3 is 19.8 Å². The van der Waals surface area contributed by atoms with Crippen molar-refractivity contribution in [1.82, 2.24) is 4.98 Å². The van der Waals surface area contributed by atoms with Crippen molar-refractivity contribution >= 4 is 10.8 Å². The van der Waals surface area contributed by atoms with Gasteiger partial charge in [0.1, 0.15) is 0 Å². The summed E-state index contributed by atoms with van der Waals surface area (Å²) in [5, 5.41) is 2.39. The Labute approximate surface area is 274 Å². The van der Waals surface area contributed by atoms with Crippen LogP contribution in [-0.2, 0) is 25.8 Å². The van der Waals surface area contributed by atoms with Gasteiger partial charge in [0.15, 0.2) is 0 Å². The zero-order chi connectivity index (χ0) is 27.5. The Morgan fingerprint density at radius 3 is 1.79 bits per heavy atom. The maximum Gasteiger partial charge on any atom is 4.00 e. The molecule has 0 aliphatic carbocycles. The summed E-state index contributed by atoms with van der Waals surface area (Å²) in [6, 6.07) is 38.3. The zero-order valence-electron chi connectivity index (χ0n) is 26.6. The molecule has 0 saturated carbocycles. The van der Waals surface area contributed by atoms with Crippen molar-refractivity contribution in [3.05, 3.63) is 158 Å². The molecular weight excluding hydrogens is 673 g/mol. The van der Waals surface area contributed by atoms with E-state index < -0.39 is 0 Å². The van der Waals surface area contributed by atoms with Gasteiger partial charge in [-0.1, -0.05) is 125 Å². The average Bonchev–Trinajstić information content (AvgIpc) is 2.95. The van der Waals surface area contributed by atoms with E-state index in [-0.39, 0.29) is 46.6 Å². The van der Waals surface area contributed by atoms with Gasteiger partial charge in [0.25, 0.3) is 0 Å². The molecule has 5 rings (SSSR count). The van der Waals surface area contributed by atoms with Gasteiger partial charge in [-0.3, -0.25) is 0 Å². The van der Waals surface area contributed by atoms with Crippen LogP contribution < -0.4 is 0 Å². The first kappa shape index (κ1) is 35.2. The number of fused-ring (bicyclic) bond motifs is 1. The van der Waals surface area contributed by atoms with Crippen molar-refractivity contribution < 1.29 is 25.8 Å². The van der Waals surface area contributed by atoms with Crippen LogP contribution in [0.2, 0.25) is 0 Å². The van der Waals surface area contributed by atoms with Crippen molar-refractivity contribution in [3.8, 4) is 11.3 Å². The third kappa shape index (κ3) is 7.32. The third-order valence-corrected chi connectivity index (χ3v) is 7.77. The van der Waals surface area contributed by atoms with E-state index >= 15 is 0 Å². The number of nitrogens with zero attached hydrogens (tertiary/aromatic N) is 1. The van der Waals surface area contributed by atoms with Crippen LogP contribution >= 0.6 is 0 Å². The molecule has 1 nitrogen and oxygen atoms in total. The van der Waals surface area contributed by atoms with Crippen molar-refractivity contribution in [2.24, 2.45) is 0 Å². The average molecular weight is 718 g/mol. The molecule has 1 unspecified atom stereocenters. The number of hydrogen-bond acceptors (Lipinski definition) is 1. The van der Waals surface area contributed by atoms with Crippen molar-refractivity contribution in [1.29, 1.82) is 0 Å². The molecule has 1 atom stereocenters. The Morgan fingerprint density at radius 2 is 1.14 bits per heavy atom. The standard InChI is InChI=1S/C38H39N.2CH3.Hf/c1-25(2)29-16-9-10-18-33(29)36(24-35-30(26(3)4)19-12-20-31(35)27(5)6)38-23-13-22-37(39-38)34-21-11-15-28-14-7-8-17-32(28)34;;;/h7-20,22-27,36H,1-6H3;2*1H3;/q-2;2*-1;+4. The van der Waals surface area contributed by atoms with Crippen LogP contribution in [0.1, 0.15) is 98.7 Å². The summed E-state index contributed by atoms with van der Waals surface area (Å²) in [6.45, 7) is 13.7. The molecule has 0 aliphatic rings. The van der Waals surface area contributed by atoms with E-state index in [1.54, 1.807) is 0 Å². The van der Waals surface area contributed by atoms with Gasteiger partial charge in [-0.05, 0) is 34.7 Å². The molecule has 1 heterocycles. The number of pyridine rings is 1. The van der Waals surface area contributed by atoms with Gasteiger partial charge in [-0.2, -0.15) is 12.0 Å². The van der Waals surface area contributed by atoms with E-state index in [9.17, 15) is 0 Å². The van der Waals surface area contributed by atoms with Crippen molar-refractivity contribution in [3.63, 3.8) is 0 Å². The molecule has 0 radical (unpaired) electrons. The maximum atomic E-state index is 5.35. The molecule has 0 spiro atoms. The number of rotatable bonds is 8.